The summed E-state index contributed by atoms with van der Waals surface area (Å²) in [5, 5.41) is 4.58. The van der Waals surface area contributed by atoms with Gasteiger partial charge >= 0.3 is 0 Å². The third-order valence-corrected chi connectivity index (χ3v) is 9.09. The van der Waals surface area contributed by atoms with Gasteiger partial charge in [0.15, 0.2) is 0 Å². The van der Waals surface area contributed by atoms with Crippen LogP contribution >= 0.6 is 0 Å². The molecule has 2 aromatic heterocycles. The molecule has 3 heterocycles. The van der Waals surface area contributed by atoms with Crippen molar-refractivity contribution < 1.29 is 0 Å². The highest BCUT2D eigenvalue weighted by atomic mass is 14.9. The normalized spacial score (nSPS) is 14.6. The van der Waals surface area contributed by atoms with Crippen LogP contribution < -0.4 is 0 Å². The summed E-state index contributed by atoms with van der Waals surface area (Å²) in [6, 6.07) is 50.9. The summed E-state index contributed by atoms with van der Waals surface area (Å²) in [6.07, 6.45) is 7.38. The minimum atomic E-state index is 0.806. The number of benzene rings is 6. The summed E-state index contributed by atoms with van der Waals surface area (Å²) in [7, 11) is 0. The Morgan fingerprint density at radius 2 is 0.667 bits per heavy atom. The van der Waals surface area contributed by atoms with Gasteiger partial charge in [-0.2, -0.15) is 0 Å². The lowest BCUT2D eigenvalue weighted by atomic mass is 9.90. The standard InChI is InChI=1S/C44H28N4/c1-3-11-29(12-4-1)31-15-7-19-35-33(31)17-9-21-37(35)43-39-27-45-25-23-41(39)48-44(40-28-46-26-24-42(40)47-43)38-22-10-18-34-32(16-8-20-36(34)38)30-13-5-2-6-14-30/h1-28H/b43-39?,44-40?,47-42?,47-43-,48-41?,48-44-. The summed E-state index contributed by atoms with van der Waals surface area (Å²) < 4.78 is 0. The molecule has 48 heavy (non-hydrogen) atoms. The first-order chi connectivity index (χ1) is 23.8. The van der Waals surface area contributed by atoms with Crippen molar-refractivity contribution in [1.29, 1.82) is 0 Å². The summed E-state index contributed by atoms with van der Waals surface area (Å²) in [6.45, 7) is 0. The number of fused-ring (bicyclic) bond motifs is 4. The van der Waals surface area contributed by atoms with Crippen molar-refractivity contribution in [3.63, 3.8) is 0 Å². The van der Waals surface area contributed by atoms with Crippen molar-refractivity contribution in [1.82, 2.24) is 9.97 Å². The fourth-order valence-corrected chi connectivity index (χ4v) is 6.88. The first-order valence-electron chi connectivity index (χ1n) is 16.0. The lowest BCUT2D eigenvalue weighted by Gasteiger charge is -2.20. The monoisotopic (exact) mass is 612 g/mol. The molecule has 0 aliphatic carbocycles. The van der Waals surface area contributed by atoms with E-state index in [1.54, 1.807) is 12.4 Å². The first kappa shape index (κ1) is 27.8. The van der Waals surface area contributed by atoms with Crippen molar-refractivity contribution >= 4 is 44.3 Å². The molecule has 0 fully saturated rings. The smallest absolute Gasteiger partial charge is 0.0825 e. The van der Waals surface area contributed by atoms with E-state index in [9.17, 15) is 0 Å². The Hall–Kier alpha value is -6.52. The van der Waals surface area contributed by atoms with Gasteiger partial charge in [-0.15, -0.1) is 0 Å². The quantitative estimate of drug-likeness (QED) is 0.199. The molecule has 9 rings (SSSR count). The van der Waals surface area contributed by atoms with Crippen molar-refractivity contribution in [3.8, 4) is 22.3 Å². The third-order valence-electron chi connectivity index (χ3n) is 9.09. The van der Waals surface area contributed by atoms with Gasteiger partial charge < -0.3 is 0 Å². The molecule has 1 aliphatic heterocycles. The van der Waals surface area contributed by atoms with E-state index >= 15 is 0 Å². The Morgan fingerprint density at radius 1 is 0.292 bits per heavy atom. The van der Waals surface area contributed by atoms with Crippen LogP contribution in [0.1, 0.15) is 22.3 Å². The van der Waals surface area contributed by atoms with Crippen molar-refractivity contribution in [2.24, 2.45) is 9.98 Å². The van der Waals surface area contributed by atoms with Crippen LogP contribution in [-0.4, -0.2) is 21.4 Å². The van der Waals surface area contributed by atoms with Gasteiger partial charge in [-0.1, -0.05) is 133 Å². The predicted octanol–water partition coefficient (Wildman–Crippen LogP) is 10.8. The summed E-state index contributed by atoms with van der Waals surface area (Å²) in [5.41, 5.74) is 11.8. The van der Waals surface area contributed by atoms with Gasteiger partial charge in [0.2, 0.25) is 0 Å². The minimum absolute atomic E-state index is 0.806. The van der Waals surface area contributed by atoms with Crippen LogP contribution in [0.15, 0.2) is 180 Å². The topological polar surface area (TPSA) is 50.5 Å². The second-order valence-corrected chi connectivity index (χ2v) is 11.9. The maximum atomic E-state index is 5.44. The number of hydrogen-bond donors (Lipinski definition) is 0. The van der Waals surface area contributed by atoms with Gasteiger partial charge in [-0.25, -0.2) is 9.98 Å². The number of aromatic nitrogens is 2. The second-order valence-electron chi connectivity index (χ2n) is 11.9. The highest BCUT2D eigenvalue weighted by molar-refractivity contribution is 6.27. The number of aliphatic imine (C=N–C) groups is 2. The molecule has 0 saturated carbocycles. The first-order valence-corrected chi connectivity index (χ1v) is 16.0. The molecule has 4 heteroatoms. The van der Waals surface area contributed by atoms with E-state index in [-0.39, 0.29) is 0 Å². The van der Waals surface area contributed by atoms with Crippen molar-refractivity contribution in [3.05, 3.63) is 193 Å². The maximum absolute atomic E-state index is 5.44. The number of nitrogens with zero attached hydrogens (tertiary/aromatic N) is 4. The molecule has 8 aromatic rings. The largest absolute Gasteiger partial charge is 0.264 e. The Morgan fingerprint density at radius 3 is 1.08 bits per heavy atom. The molecule has 0 bridgehead atoms. The van der Waals surface area contributed by atoms with Gasteiger partial charge in [0.1, 0.15) is 0 Å². The molecule has 0 N–H and O–H groups in total. The van der Waals surface area contributed by atoms with E-state index in [1.165, 1.54) is 33.0 Å². The zero-order valence-corrected chi connectivity index (χ0v) is 26.0. The van der Waals surface area contributed by atoms with Gasteiger partial charge in [-0.05, 0) is 55.9 Å². The molecular formula is C44H28N4. The van der Waals surface area contributed by atoms with Gasteiger partial charge in [0.25, 0.3) is 0 Å². The summed E-state index contributed by atoms with van der Waals surface area (Å²) in [5.74, 6) is 0. The summed E-state index contributed by atoms with van der Waals surface area (Å²) in [4.78, 5) is 20.0. The van der Waals surface area contributed by atoms with Gasteiger partial charge in [-0.3, -0.25) is 9.97 Å². The Labute approximate surface area is 278 Å². The lowest BCUT2D eigenvalue weighted by Crippen LogP contribution is -2.11. The maximum Gasteiger partial charge on any atom is 0.0825 e. The Balaban J connectivity index is 1.28. The van der Waals surface area contributed by atoms with Crippen LogP contribution in [0.25, 0.3) is 43.8 Å². The summed E-state index contributed by atoms with van der Waals surface area (Å²) >= 11 is 0. The SMILES string of the molecule is c1ccc(-c2cccc3c(/C4=N/c5ccncc5/C(c5cccc6c(-c7ccccc7)cccc56)=N\c5ccncc54)cccc23)cc1. The fourth-order valence-electron chi connectivity index (χ4n) is 6.88. The molecule has 6 aromatic carbocycles. The zero-order valence-electron chi connectivity index (χ0n) is 26.0. The third kappa shape index (κ3) is 4.70. The van der Waals surface area contributed by atoms with E-state index in [2.05, 4.69) is 143 Å². The van der Waals surface area contributed by atoms with Crippen molar-refractivity contribution in [2.45, 2.75) is 0 Å². The average molecular weight is 613 g/mol. The Kier molecular flexibility index (Phi) is 6.76. The Bertz CT molecular complexity index is 2370. The van der Waals surface area contributed by atoms with E-state index < -0.39 is 0 Å². The van der Waals surface area contributed by atoms with Gasteiger partial charge in [0, 0.05) is 47.0 Å². The molecule has 4 nitrogen and oxygen atoms in total. The molecule has 0 saturated heterocycles. The molecule has 0 unspecified atom stereocenters. The number of pyridine rings is 2. The molecule has 1 aliphatic rings. The molecule has 0 spiro atoms. The minimum Gasteiger partial charge on any atom is -0.264 e. The van der Waals surface area contributed by atoms with Gasteiger partial charge in [0.05, 0.1) is 22.8 Å². The second kappa shape index (κ2) is 11.7. The average Bonchev–Trinajstić information content (AvgIpc) is 3.15. The fraction of sp³-hybridized carbons (Fsp3) is 0. The number of rotatable bonds is 4. The van der Waals surface area contributed by atoms with Crippen LogP contribution in [0.5, 0.6) is 0 Å². The highest BCUT2D eigenvalue weighted by Gasteiger charge is 2.23. The van der Waals surface area contributed by atoms with Crippen molar-refractivity contribution in [2.75, 3.05) is 0 Å². The number of hydrogen-bond acceptors (Lipinski definition) is 4. The lowest BCUT2D eigenvalue weighted by molar-refractivity contribution is 1.26. The van der Waals surface area contributed by atoms with Crippen LogP contribution in [-0.2, 0) is 0 Å². The van der Waals surface area contributed by atoms with E-state index in [4.69, 9.17) is 9.98 Å². The molecule has 0 atom stereocenters. The zero-order chi connectivity index (χ0) is 31.9. The molecule has 0 radical (unpaired) electrons. The predicted molar refractivity (Wildman–Crippen MR) is 198 cm³/mol. The van der Waals surface area contributed by atoms with E-state index in [1.807, 2.05) is 24.5 Å². The molecule has 0 amide bonds. The van der Waals surface area contributed by atoms with Crippen LogP contribution in [0, 0.1) is 0 Å². The highest BCUT2D eigenvalue weighted by Crippen LogP contribution is 2.38. The van der Waals surface area contributed by atoms with E-state index in [0.29, 0.717) is 0 Å². The molecule has 224 valence electrons. The van der Waals surface area contributed by atoms with Crippen LogP contribution in [0.2, 0.25) is 0 Å². The van der Waals surface area contributed by atoms with Crippen LogP contribution in [0.3, 0.4) is 0 Å². The van der Waals surface area contributed by atoms with E-state index in [0.717, 1.165) is 55.8 Å². The molecular weight excluding hydrogens is 585 g/mol. The van der Waals surface area contributed by atoms with Crippen LogP contribution in [0.4, 0.5) is 11.4 Å².